The zero-order valence-electron chi connectivity index (χ0n) is 11.9. The van der Waals surface area contributed by atoms with Crippen LogP contribution < -0.4 is 0 Å². The molecule has 5 nitrogen and oxygen atoms in total. The second-order valence-electron chi connectivity index (χ2n) is 5.28. The monoisotopic (exact) mass is 268 g/mol. The first-order valence-corrected chi connectivity index (χ1v) is 6.84. The summed E-state index contributed by atoms with van der Waals surface area (Å²) in [6, 6.07) is 0.0410. The summed E-state index contributed by atoms with van der Waals surface area (Å²) in [6.07, 6.45) is 1.77. The van der Waals surface area contributed by atoms with Crippen molar-refractivity contribution in [3.63, 3.8) is 0 Å². The Morgan fingerprint density at radius 2 is 1.95 bits per heavy atom. The van der Waals surface area contributed by atoms with Gasteiger partial charge in [0, 0.05) is 32.6 Å². The van der Waals surface area contributed by atoms with Gasteiger partial charge in [0.05, 0.1) is 0 Å². The molecule has 1 rings (SSSR count). The number of aliphatic carboxylic acids is 1. The van der Waals surface area contributed by atoms with E-state index in [2.05, 4.69) is 6.58 Å². The minimum atomic E-state index is -0.748. The van der Waals surface area contributed by atoms with Crippen LogP contribution in [0.15, 0.2) is 12.2 Å². The molecule has 0 aliphatic carbocycles. The van der Waals surface area contributed by atoms with Gasteiger partial charge in [0.15, 0.2) is 0 Å². The average Bonchev–Trinajstić information content (AvgIpc) is 2.35. The Balaban J connectivity index is 2.47. The van der Waals surface area contributed by atoms with Gasteiger partial charge >= 0.3 is 12.0 Å². The van der Waals surface area contributed by atoms with Crippen molar-refractivity contribution in [1.82, 2.24) is 9.80 Å². The van der Waals surface area contributed by atoms with Crippen LogP contribution in [0.25, 0.3) is 0 Å². The zero-order valence-corrected chi connectivity index (χ0v) is 11.9. The highest BCUT2D eigenvalue weighted by Crippen LogP contribution is 2.21. The summed E-state index contributed by atoms with van der Waals surface area (Å²) < 4.78 is 0. The number of carbonyl (C=O) groups is 2. The molecule has 1 N–H and O–H groups in total. The van der Waals surface area contributed by atoms with E-state index in [1.807, 2.05) is 18.7 Å². The van der Waals surface area contributed by atoms with Crippen molar-refractivity contribution in [3.05, 3.63) is 12.2 Å². The molecule has 0 radical (unpaired) electrons. The molecule has 0 bridgehead atoms. The maximum Gasteiger partial charge on any atom is 0.320 e. The van der Waals surface area contributed by atoms with Gasteiger partial charge in [0.2, 0.25) is 0 Å². The van der Waals surface area contributed by atoms with Crippen LogP contribution >= 0.6 is 0 Å². The fourth-order valence-electron chi connectivity index (χ4n) is 2.42. The number of carboxylic acid groups (broad SMARTS) is 1. The number of urea groups is 1. The molecule has 1 saturated heterocycles. The molecule has 0 aromatic carbocycles. The molecular weight excluding hydrogens is 244 g/mol. The maximum absolute atomic E-state index is 12.3. The second kappa shape index (κ2) is 7.16. The van der Waals surface area contributed by atoms with Gasteiger partial charge in [-0.25, -0.2) is 4.79 Å². The third-order valence-corrected chi connectivity index (χ3v) is 3.46. The predicted octanol–water partition coefficient (Wildman–Crippen LogP) is 2.19. The lowest BCUT2D eigenvalue weighted by atomic mass is 9.94. The first-order valence-electron chi connectivity index (χ1n) is 6.84. The van der Waals surface area contributed by atoms with Crippen molar-refractivity contribution in [2.75, 3.05) is 26.2 Å². The summed E-state index contributed by atoms with van der Waals surface area (Å²) in [5.41, 5.74) is 0.968. The van der Waals surface area contributed by atoms with Gasteiger partial charge in [0.1, 0.15) is 0 Å². The molecule has 5 heteroatoms. The van der Waals surface area contributed by atoms with Gasteiger partial charge < -0.3 is 14.9 Å². The molecule has 1 aliphatic rings. The summed E-state index contributed by atoms with van der Waals surface area (Å²) in [7, 11) is 0. The molecule has 0 atom stereocenters. The molecule has 108 valence electrons. The number of carbonyl (C=O) groups excluding carboxylic acids is 1. The van der Waals surface area contributed by atoms with Gasteiger partial charge in [-0.2, -0.15) is 0 Å². The lowest BCUT2D eigenvalue weighted by Gasteiger charge is -2.35. The highest BCUT2D eigenvalue weighted by atomic mass is 16.4. The molecule has 1 fully saturated rings. The predicted molar refractivity (Wildman–Crippen MR) is 74.0 cm³/mol. The number of hydrogen-bond acceptors (Lipinski definition) is 2. The quantitative estimate of drug-likeness (QED) is 0.777. The molecule has 1 heterocycles. The van der Waals surface area contributed by atoms with E-state index < -0.39 is 5.97 Å². The van der Waals surface area contributed by atoms with Crippen LogP contribution in [0.1, 0.15) is 33.1 Å². The van der Waals surface area contributed by atoms with E-state index in [0.29, 0.717) is 26.2 Å². The summed E-state index contributed by atoms with van der Waals surface area (Å²) in [4.78, 5) is 26.6. The fraction of sp³-hybridized carbons (Fsp3) is 0.714. The number of nitrogens with zero attached hydrogens (tertiary/aromatic N) is 2. The van der Waals surface area contributed by atoms with Crippen molar-refractivity contribution in [1.29, 1.82) is 0 Å². The van der Waals surface area contributed by atoms with Crippen LogP contribution in [-0.4, -0.2) is 53.1 Å². The molecule has 0 aromatic rings. The average molecular weight is 268 g/mol. The SMILES string of the molecule is C=C(C)CN(CC)C(=O)N1CCC(CC(=O)O)CC1. The zero-order chi connectivity index (χ0) is 14.4. The summed E-state index contributed by atoms with van der Waals surface area (Å²) >= 11 is 0. The molecule has 0 unspecified atom stereocenters. The van der Waals surface area contributed by atoms with E-state index in [-0.39, 0.29) is 18.4 Å². The molecule has 2 amide bonds. The van der Waals surface area contributed by atoms with Crippen molar-refractivity contribution in [3.8, 4) is 0 Å². The minimum absolute atomic E-state index is 0.0410. The Morgan fingerprint density at radius 3 is 2.37 bits per heavy atom. The molecule has 0 aromatic heterocycles. The largest absolute Gasteiger partial charge is 0.481 e. The first kappa shape index (κ1) is 15.5. The van der Waals surface area contributed by atoms with E-state index in [1.165, 1.54) is 0 Å². The summed E-state index contributed by atoms with van der Waals surface area (Å²) in [5.74, 6) is -0.542. The van der Waals surface area contributed by atoms with Crippen LogP contribution in [0.2, 0.25) is 0 Å². The molecule has 0 spiro atoms. The standard InChI is InChI=1S/C14H24N2O3/c1-4-15(10-11(2)3)14(19)16-7-5-12(6-8-16)9-13(17)18/h12H,2,4-10H2,1,3H3,(H,17,18). The molecule has 1 aliphatic heterocycles. The fourth-order valence-corrected chi connectivity index (χ4v) is 2.42. The van der Waals surface area contributed by atoms with Gasteiger partial charge in [0.25, 0.3) is 0 Å². The van der Waals surface area contributed by atoms with Gasteiger partial charge in [-0.15, -0.1) is 0 Å². The highest BCUT2D eigenvalue weighted by molar-refractivity contribution is 5.75. The smallest absolute Gasteiger partial charge is 0.320 e. The van der Waals surface area contributed by atoms with Crippen LogP contribution in [0.4, 0.5) is 4.79 Å². The van der Waals surface area contributed by atoms with Gasteiger partial charge in [-0.3, -0.25) is 4.79 Å². The van der Waals surface area contributed by atoms with E-state index in [1.54, 1.807) is 4.90 Å². The van der Waals surface area contributed by atoms with Crippen LogP contribution in [0.5, 0.6) is 0 Å². The molecule has 0 saturated carbocycles. The third-order valence-electron chi connectivity index (χ3n) is 3.46. The van der Waals surface area contributed by atoms with Gasteiger partial charge in [-0.1, -0.05) is 12.2 Å². The van der Waals surface area contributed by atoms with Crippen LogP contribution in [-0.2, 0) is 4.79 Å². The summed E-state index contributed by atoms with van der Waals surface area (Å²) in [6.45, 7) is 10.3. The molecular formula is C14H24N2O3. The number of likely N-dealkylation sites (N-methyl/N-ethyl adjacent to an activating group) is 1. The second-order valence-corrected chi connectivity index (χ2v) is 5.28. The normalized spacial score (nSPS) is 16.2. The Hall–Kier alpha value is -1.52. The van der Waals surface area contributed by atoms with Crippen molar-refractivity contribution in [2.45, 2.75) is 33.1 Å². The van der Waals surface area contributed by atoms with Gasteiger partial charge in [-0.05, 0) is 32.6 Å². The van der Waals surface area contributed by atoms with E-state index in [0.717, 1.165) is 18.4 Å². The number of carboxylic acids is 1. The van der Waals surface area contributed by atoms with Crippen molar-refractivity contribution >= 4 is 12.0 Å². The Labute approximate surface area is 114 Å². The highest BCUT2D eigenvalue weighted by Gasteiger charge is 2.26. The third kappa shape index (κ3) is 4.93. The number of hydrogen-bond donors (Lipinski definition) is 1. The minimum Gasteiger partial charge on any atom is -0.481 e. The Morgan fingerprint density at radius 1 is 1.37 bits per heavy atom. The Bertz CT molecular complexity index is 347. The summed E-state index contributed by atoms with van der Waals surface area (Å²) in [5, 5.41) is 8.77. The lowest BCUT2D eigenvalue weighted by Crippen LogP contribution is -2.47. The maximum atomic E-state index is 12.3. The Kier molecular flexibility index (Phi) is 5.86. The molecule has 19 heavy (non-hydrogen) atoms. The number of amides is 2. The van der Waals surface area contributed by atoms with E-state index in [9.17, 15) is 9.59 Å². The lowest BCUT2D eigenvalue weighted by molar-refractivity contribution is -0.138. The van der Waals surface area contributed by atoms with Crippen LogP contribution in [0.3, 0.4) is 0 Å². The van der Waals surface area contributed by atoms with Crippen molar-refractivity contribution < 1.29 is 14.7 Å². The number of rotatable bonds is 5. The van der Waals surface area contributed by atoms with E-state index >= 15 is 0 Å². The topological polar surface area (TPSA) is 60.9 Å². The first-order chi connectivity index (χ1) is 8.93. The number of likely N-dealkylation sites (tertiary alicyclic amines) is 1. The number of piperidine rings is 1. The van der Waals surface area contributed by atoms with Crippen molar-refractivity contribution in [2.24, 2.45) is 5.92 Å². The van der Waals surface area contributed by atoms with Crippen LogP contribution in [0, 0.1) is 5.92 Å². The van der Waals surface area contributed by atoms with E-state index in [4.69, 9.17) is 5.11 Å².